The van der Waals surface area contributed by atoms with Crippen LogP contribution in [0.3, 0.4) is 0 Å². The number of ether oxygens (including phenoxy) is 1. The normalized spacial score (nSPS) is 23.7. The van der Waals surface area contributed by atoms with Gasteiger partial charge in [-0.25, -0.2) is 9.78 Å². The van der Waals surface area contributed by atoms with Crippen LogP contribution in [0.1, 0.15) is 61.4 Å². The van der Waals surface area contributed by atoms with E-state index >= 15 is 0 Å². The molecule has 0 amide bonds. The molecule has 3 atom stereocenters. The summed E-state index contributed by atoms with van der Waals surface area (Å²) in [6.07, 6.45) is 5.75. The lowest BCUT2D eigenvalue weighted by Gasteiger charge is -2.30. The zero-order chi connectivity index (χ0) is 24.5. The number of nitriles is 1. The Hall–Kier alpha value is -3.23. The van der Waals surface area contributed by atoms with Crippen LogP contribution in [0.15, 0.2) is 17.4 Å². The predicted molar refractivity (Wildman–Crippen MR) is 128 cm³/mol. The van der Waals surface area contributed by atoms with E-state index in [-0.39, 0.29) is 17.8 Å². The number of aromatic nitrogens is 2. The monoisotopic (exact) mass is 483 g/mol. The highest BCUT2D eigenvalue weighted by Crippen LogP contribution is 2.46. The molecule has 34 heavy (non-hydrogen) atoms. The highest BCUT2D eigenvalue weighted by Gasteiger charge is 2.44. The smallest absolute Gasteiger partial charge is 0.345 e. The minimum Gasteiger partial charge on any atom is -0.473 e. The average molecular weight is 484 g/mol. The third-order valence-corrected chi connectivity index (χ3v) is 7.79. The highest BCUT2D eigenvalue weighted by molar-refractivity contribution is 7.16. The number of amidine groups is 1. The molecule has 1 aliphatic heterocycles. The van der Waals surface area contributed by atoms with Crippen molar-refractivity contribution in [1.82, 2.24) is 14.9 Å². The number of thiophene rings is 1. The van der Waals surface area contributed by atoms with Crippen molar-refractivity contribution in [3.63, 3.8) is 0 Å². The van der Waals surface area contributed by atoms with Crippen molar-refractivity contribution < 1.29 is 14.4 Å². The summed E-state index contributed by atoms with van der Waals surface area (Å²) < 4.78 is 6.01. The van der Waals surface area contributed by atoms with Crippen molar-refractivity contribution in [3.8, 4) is 11.9 Å². The summed E-state index contributed by atoms with van der Waals surface area (Å²) >= 11 is 1.35. The summed E-state index contributed by atoms with van der Waals surface area (Å²) in [6, 6.07) is 4.10. The summed E-state index contributed by atoms with van der Waals surface area (Å²) in [4.78, 5) is 30.0. The zero-order valence-corrected chi connectivity index (χ0v) is 20.4. The number of carbonyl (C=O) groups is 1. The fourth-order valence-electron chi connectivity index (χ4n) is 4.86. The van der Waals surface area contributed by atoms with Crippen LogP contribution < -0.4 is 16.2 Å². The first-order valence-corrected chi connectivity index (χ1v) is 12.1. The zero-order valence-electron chi connectivity index (χ0n) is 19.6. The van der Waals surface area contributed by atoms with Crippen molar-refractivity contribution in [2.75, 3.05) is 19.3 Å². The molecule has 11 heteroatoms. The van der Waals surface area contributed by atoms with Gasteiger partial charge in [0.15, 0.2) is 0 Å². The Bertz CT molecular complexity index is 1160. The van der Waals surface area contributed by atoms with Crippen molar-refractivity contribution in [1.29, 1.82) is 5.26 Å². The maximum atomic E-state index is 13.1. The van der Waals surface area contributed by atoms with Gasteiger partial charge in [-0.3, -0.25) is 4.90 Å². The molecule has 0 bridgehead atoms. The van der Waals surface area contributed by atoms with Crippen molar-refractivity contribution in [2.45, 2.75) is 63.5 Å². The van der Waals surface area contributed by atoms with Gasteiger partial charge >= 0.3 is 5.97 Å². The molecule has 3 heterocycles. The Kier molecular flexibility index (Phi) is 6.72. The number of oxime groups is 1. The van der Waals surface area contributed by atoms with Crippen molar-refractivity contribution in [3.05, 3.63) is 34.1 Å². The highest BCUT2D eigenvalue weighted by atomic mass is 32.1. The van der Waals surface area contributed by atoms with Gasteiger partial charge in [0.25, 0.3) is 0 Å². The average Bonchev–Trinajstić information content (AvgIpc) is 3.40. The number of fused-ring (bicyclic) bond motifs is 1. The van der Waals surface area contributed by atoms with Gasteiger partial charge in [0.1, 0.15) is 17.2 Å². The molecule has 0 unspecified atom stereocenters. The van der Waals surface area contributed by atoms with Crippen LogP contribution in [0, 0.1) is 11.3 Å². The Morgan fingerprint density at radius 1 is 1.47 bits per heavy atom. The van der Waals surface area contributed by atoms with Gasteiger partial charge in [-0.15, -0.1) is 11.3 Å². The Labute approximate surface area is 202 Å². The number of carbonyl (C=O) groups excluding carboxylic acids is 1. The van der Waals surface area contributed by atoms with Crippen LogP contribution in [-0.2, 0) is 21.5 Å². The molecule has 180 valence electrons. The van der Waals surface area contributed by atoms with Crippen LogP contribution in [-0.4, -0.2) is 52.4 Å². The summed E-state index contributed by atoms with van der Waals surface area (Å²) in [6.45, 7) is 4.81. The van der Waals surface area contributed by atoms with Gasteiger partial charge in [-0.2, -0.15) is 10.2 Å². The second-order valence-corrected chi connectivity index (χ2v) is 10.2. The summed E-state index contributed by atoms with van der Waals surface area (Å²) in [5.74, 6) is -0.270. The van der Waals surface area contributed by atoms with Gasteiger partial charge < -0.3 is 21.0 Å². The fraction of sp³-hybridized carbons (Fsp3) is 0.522. The molecule has 4 N–H and O–H groups in total. The summed E-state index contributed by atoms with van der Waals surface area (Å²) in [5.41, 5.74) is 12.0. The second-order valence-electron chi connectivity index (χ2n) is 9.02. The molecule has 1 aliphatic carbocycles. The largest absolute Gasteiger partial charge is 0.473 e. The lowest BCUT2D eigenvalue weighted by atomic mass is 9.72. The van der Waals surface area contributed by atoms with Gasteiger partial charge in [0, 0.05) is 28.7 Å². The molecule has 1 fully saturated rings. The third kappa shape index (κ3) is 4.43. The molecule has 0 radical (unpaired) electrons. The first-order valence-electron chi connectivity index (χ1n) is 11.3. The number of anilines is 1. The topological polar surface area (TPSA) is 153 Å². The summed E-state index contributed by atoms with van der Waals surface area (Å²) in [5, 5.41) is 13.8. The molecule has 0 saturated carbocycles. The quantitative estimate of drug-likeness (QED) is 0.273. The Morgan fingerprint density at radius 2 is 2.26 bits per heavy atom. The lowest BCUT2D eigenvalue weighted by molar-refractivity contribution is -0.150. The molecule has 1 saturated heterocycles. The Balaban J connectivity index is 1.48. The SMILES string of the molecule is C[C@H](Oc1ccnc(/C(N)=N/OC(=O)[C@@]2(C)CCCc3sc(N)c(C#N)c32)n1)[C@@H]1CCCN1C. The second kappa shape index (κ2) is 9.56. The number of rotatable bonds is 6. The number of nitrogen functional groups attached to an aromatic ring is 1. The molecular formula is C23H29N7O3S. The number of nitrogens with two attached hydrogens (primary N) is 2. The van der Waals surface area contributed by atoms with Gasteiger partial charge in [0.2, 0.25) is 17.5 Å². The minimum absolute atomic E-state index is 0.0564. The van der Waals surface area contributed by atoms with Gasteiger partial charge in [0.05, 0.1) is 11.0 Å². The van der Waals surface area contributed by atoms with E-state index < -0.39 is 11.4 Å². The van der Waals surface area contributed by atoms with Crippen molar-refractivity contribution >= 4 is 28.1 Å². The maximum absolute atomic E-state index is 13.1. The molecule has 10 nitrogen and oxygen atoms in total. The first-order chi connectivity index (χ1) is 16.2. The van der Waals surface area contributed by atoms with Crippen LogP contribution in [0.25, 0.3) is 0 Å². The van der Waals surface area contributed by atoms with Crippen LogP contribution in [0.2, 0.25) is 0 Å². The molecule has 2 aromatic heterocycles. The number of likely N-dealkylation sites (tertiary alicyclic amines) is 1. The van der Waals surface area contributed by atoms with Gasteiger partial charge in [-0.1, -0.05) is 5.16 Å². The van der Waals surface area contributed by atoms with Crippen LogP contribution in [0.5, 0.6) is 5.88 Å². The standard InChI is InChI=1S/C23H29N7O3S/c1-13(15-6-5-11-30(15)3)32-17-8-10-27-21(28-17)19(25)29-33-22(31)23(2)9-4-7-16-18(23)14(12-24)20(26)34-16/h8,10,13,15H,4-7,9,11,26H2,1-3H3,(H2,25,29)/t13-,15-,23-/m0/s1. The number of hydrogen-bond acceptors (Lipinski definition) is 10. The van der Waals surface area contributed by atoms with Crippen LogP contribution >= 0.6 is 11.3 Å². The molecule has 0 aromatic carbocycles. The van der Waals surface area contributed by atoms with Crippen molar-refractivity contribution in [2.24, 2.45) is 10.9 Å². The van der Waals surface area contributed by atoms with Gasteiger partial charge in [-0.05, 0) is 59.5 Å². The molecule has 2 aromatic rings. The first kappa shape index (κ1) is 23.9. The van der Waals surface area contributed by atoms with Crippen LogP contribution in [0.4, 0.5) is 5.00 Å². The Morgan fingerprint density at radius 3 is 2.97 bits per heavy atom. The van der Waals surface area contributed by atoms with E-state index in [4.69, 9.17) is 21.0 Å². The number of aryl methyl sites for hydroxylation is 1. The van der Waals surface area contributed by atoms with E-state index in [9.17, 15) is 10.1 Å². The summed E-state index contributed by atoms with van der Waals surface area (Å²) in [7, 11) is 2.09. The van der Waals surface area contributed by atoms with E-state index in [0.29, 0.717) is 34.5 Å². The molecule has 4 rings (SSSR count). The lowest BCUT2D eigenvalue weighted by Crippen LogP contribution is -2.38. The minimum atomic E-state index is -1.04. The molecule has 0 spiro atoms. The van der Waals surface area contributed by atoms with E-state index in [0.717, 1.165) is 37.1 Å². The molecular weight excluding hydrogens is 454 g/mol. The van der Waals surface area contributed by atoms with E-state index in [2.05, 4.69) is 33.1 Å². The van der Waals surface area contributed by atoms with E-state index in [1.807, 2.05) is 6.92 Å². The number of likely N-dealkylation sites (N-methyl/N-ethyl adjacent to an activating group) is 1. The predicted octanol–water partition coefficient (Wildman–Crippen LogP) is 2.31. The number of hydrogen-bond donors (Lipinski definition) is 2. The fourth-order valence-corrected chi connectivity index (χ4v) is 6.05. The maximum Gasteiger partial charge on any atom is 0.345 e. The molecule has 2 aliphatic rings. The van der Waals surface area contributed by atoms with E-state index in [1.54, 1.807) is 13.0 Å². The third-order valence-electron chi connectivity index (χ3n) is 6.71. The van der Waals surface area contributed by atoms with E-state index in [1.165, 1.54) is 17.5 Å². The number of nitrogens with zero attached hydrogens (tertiary/aromatic N) is 5.